The van der Waals surface area contributed by atoms with Crippen LogP contribution in [0.1, 0.15) is 13.3 Å². The number of methoxy groups -OCH3 is 1. The number of aliphatic imine (C=N–C) groups is 1. The molecule has 0 heterocycles. The smallest absolute Gasteiger partial charge is 0.0794 e. The van der Waals surface area contributed by atoms with E-state index in [-0.39, 0.29) is 18.6 Å². The predicted octanol–water partition coefficient (Wildman–Crippen LogP) is 1.83. The second-order valence-electron chi connectivity index (χ2n) is 3.63. The van der Waals surface area contributed by atoms with E-state index in [2.05, 4.69) is 24.9 Å². The van der Waals surface area contributed by atoms with Crippen molar-refractivity contribution in [3.05, 3.63) is 24.3 Å². The van der Waals surface area contributed by atoms with Gasteiger partial charge in [-0.25, -0.2) is 0 Å². The van der Waals surface area contributed by atoms with Crippen molar-refractivity contribution in [3.8, 4) is 0 Å². The second kappa shape index (κ2) is 7.37. The fourth-order valence-corrected chi connectivity index (χ4v) is 1.52. The summed E-state index contributed by atoms with van der Waals surface area (Å²) >= 11 is 0. The van der Waals surface area contributed by atoms with Gasteiger partial charge < -0.3 is 9.84 Å². The molecule has 0 amide bonds. The molecule has 0 rings (SSSR count). The van der Waals surface area contributed by atoms with Crippen molar-refractivity contribution in [2.75, 3.05) is 20.3 Å². The second-order valence-corrected chi connectivity index (χ2v) is 3.63. The van der Waals surface area contributed by atoms with Gasteiger partial charge in [0.15, 0.2) is 0 Å². The van der Waals surface area contributed by atoms with Crippen LogP contribution in [0.2, 0.25) is 0 Å². The summed E-state index contributed by atoms with van der Waals surface area (Å²) in [4.78, 5) is 4.01. The lowest BCUT2D eigenvalue weighted by Gasteiger charge is -2.25. The van der Waals surface area contributed by atoms with E-state index >= 15 is 0 Å². The molecule has 0 saturated carbocycles. The highest BCUT2D eigenvalue weighted by molar-refractivity contribution is 5.30. The number of aliphatic hydroxyl groups excluding tert-OH is 1. The number of allylic oxidation sites excluding steroid dienone is 1. The molecule has 0 aromatic rings. The molecule has 0 aromatic carbocycles. The number of nitrogens with zero attached hydrogens (tertiary/aromatic N) is 1. The number of hydrogen-bond donors (Lipinski definition) is 1. The molecule has 0 aliphatic rings. The Balaban J connectivity index is 4.67. The van der Waals surface area contributed by atoms with Crippen LogP contribution in [-0.4, -0.2) is 38.2 Å². The Kier molecular flexibility index (Phi) is 6.92. The molecule has 0 aromatic heterocycles. The minimum absolute atomic E-state index is 0.0601. The van der Waals surface area contributed by atoms with Gasteiger partial charge in [0.1, 0.15) is 0 Å². The molecular weight excluding hydrogens is 190 g/mol. The first-order valence-corrected chi connectivity index (χ1v) is 4.98. The largest absolute Gasteiger partial charge is 0.396 e. The first-order chi connectivity index (χ1) is 7.08. The molecule has 2 unspecified atom stereocenters. The average molecular weight is 211 g/mol. The molecule has 3 heteroatoms. The molecule has 0 aliphatic carbocycles. The fraction of sp³-hybridized carbons (Fsp3) is 0.583. The quantitative estimate of drug-likeness (QED) is 0.491. The van der Waals surface area contributed by atoms with Gasteiger partial charge in [0.05, 0.1) is 12.6 Å². The van der Waals surface area contributed by atoms with Gasteiger partial charge in [0, 0.05) is 19.6 Å². The predicted molar refractivity (Wildman–Crippen MR) is 64.4 cm³/mol. The minimum atomic E-state index is -0.0636. The molecule has 15 heavy (non-hydrogen) atoms. The molecule has 2 atom stereocenters. The number of hydrogen-bond acceptors (Lipinski definition) is 3. The maximum absolute atomic E-state index is 9.01. The monoisotopic (exact) mass is 211 g/mol. The molecule has 0 fully saturated rings. The lowest BCUT2D eigenvalue weighted by molar-refractivity contribution is 0.155. The summed E-state index contributed by atoms with van der Waals surface area (Å²) in [6, 6.07) is -0.0636. The van der Waals surface area contributed by atoms with Crippen molar-refractivity contribution in [1.29, 1.82) is 0 Å². The van der Waals surface area contributed by atoms with Gasteiger partial charge in [-0.1, -0.05) is 18.7 Å². The van der Waals surface area contributed by atoms with Crippen molar-refractivity contribution in [3.63, 3.8) is 0 Å². The van der Waals surface area contributed by atoms with Crippen LogP contribution >= 0.6 is 0 Å². The topological polar surface area (TPSA) is 41.8 Å². The van der Waals surface area contributed by atoms with Crippen molar-refractivity contribution in [2.24, 2.45) is 10.9 Å². The summed E-state index contributed by atoms with van der Waals surface area (Å²) in [5.74, 6) is 0.0601. The molecule has 0 aliphatic heterocycles. The Labute approximate surface area is 92.2 Å². The van der Waals surface area contributed by atoms with Gasteiger partial charge in [-0.2, -0.15) is 0 Å². The SMILES string of the molecule is C=NC(COC)C(CCO)C(=C)C(=C)C. The van der Waals surface area contributed by atoms with Crippen LogP contribution in [-0.2, 0) is 4.74 Å². The summed E-state index contributed by atoms with van der Waals surface area (Å²) in [5.41, 5.74) is 1.83. The van der Waals surface area contributed by atoms with Crippen LogP contribution < -0.4 is 0 Å². The van der Waals surface area contributed by atoms with Crippen LogP contribution in [0.15, 0.2) is 29.3 Å². The van der Waals surface area contributed by atoms with E-state index in [0.717, 1.165) is 11.1 Å². The Morgan fingerprint density at radius 1 is 1.47 bits per heavy atom. The normalized spacial score (nSPS) is 14.3. The lowest BCUT2D eigenvalue weighted by Crippen LogP contribution is -2.26. The van der Waals surface area contributed by atoms with Crippen molar-refractivity contribution >= 4 is 6.72 Å². The van der Waals surface area contributed by atoms with E-state index in [4.69, 9.17) is 9.84 Å². The Bertz CT molecular complexity index is 236. The molecule has 3 nitrogen and oxygen atoms in total. The molecule has 0 radical (unpaired) electrons. The zero-order chi connectivity index (χ0) is 11.8. The molecule has 1 N–H and O–H groups in total. The average Bonchev–Trinajstić information content (AvgIpc) is 2.22. The maximum atomic E-state index is 9.01. The number of ether oxygens (including phenoxy) is 1. The summed E-state index contributed by atoms with van der Waals surface area (Å²) in [5, 5.41) is 9.01. The number of rotatable bonds is 8. The lowest BCUT2D eigenvalue weighted by atomic mass is 9.86. The van der Waals surface area contributed by atoms with Gasteiger partial charge in [0.25, 0.3) is 0 Å². The van der Waals surface area contributed by atoms with Gasteiger partial charge >= 0.3 is 0 Å². The molecular formula is C12H21NO2. The van der Waals surface area contributed by atoms with Crippen LogP contribution in [0.3, 0.4) is 0 Å². The van der Waals surface area contributed by atoms with E-state index in [1.165, 1.54) is 0 Å². The third kappa shape index (κ3) is 4.40. The van der Waals surface area contributed by atoms with E-state index < -0.39 is 0 Å². The zero-order valence-electron chi connectivity index (χ0n) is 9.70. The van der Waals surface area contributed by atoms with Crippen molar-refractivity contribution in [1.82, 2.24) is 0 Å². The Morgan fingerprint density at radius 2 is 2.07 bits per heavy atom. The first-order valence-electron chi connectivity index (χ1n) is 4.98. The van der Waals surface area contributed by atoms with E-state index in [1.54, 1.807) is 7.11 Å². The summed E-state index contributed by atoms with van der Waals surface area (Å²) in [7, 11) is 1.62. The maximum Gasteiger partial charge on any atom is 0.0794 e. The van der Waals surface area contributed by atoms with Gasteiger partial charge in [-0.3, -0.25) is 4.99 Å². The molecule has 86 valence electrons. The Hall–Kier alpha value is -0.930. The van der Waals surface area contributed by atoms with Crippen LogP contribution in [0.25, 0.3) is 0 Å². The van der Waals surface area contributed by atoms with Crippen molar-refractivity contribution < 1.29 is 9.84 Å². The number of aliphatic hydroxyl groups is 1. The highest BCUT2D eigenvalue weighted by Gasteiger charge is 2.22. The standard InChI is InChI=1S/C12H21NO2/c1-9(2)10(3)11(6-7-14)12(13-4)8-15-5/h11-12,14H,1,3-4,6-8H2,2,5H3. The van der Waals surface area contributed by atoms with Gasteiger partial charge in [-0.15, -0.1) is 0 Å². The highest BCUT2D eigenvalue weighted by atomic mass is 16.5. The van der Waals surface area contributed by atoms with Crippen LogP contribution in [0, 0.1) is 5.92 Å². The Morgan fingerprint density at radius 3 is 2.40 bits per heavy atom. The van der Waals surface area contributed by atoms with E-state index in [1.807, 2.05) is 6.92 Å². The van der Waals surface area contributed by atoms with E-state index in [9.17, 15) is 0 Å². The zero-order valence-corrected chi connectivity index (χ0v) is 9.70. The van der Waals surface area contributed by atoms with Gasteiger partial charge in [-0.05, 0) is 25.6 Å². The fourth-order valence-electron chi connectivity index (χ4n) is 1.52. The van der Waals surface area contributed by atoms with Crippen molar-refractivity contribution in [2.45, 2.75) is 19.4 Å². The van der Waals surface area contributed by atoms with Crippen LogP contribution in [0.5, 0.6) is 0 Å². The molecule has 0 saturated heterocycles. The first kappa shape index (κ1) is 14.1. The summed E-state index contributed by atoms with van der Waals surface area (Å²) in [6.07, 6.45) is 0.610. The van der Waals surface area contributed by atoms with E-state index in [0.29, 0.717) is 13.0 Å². The summed E-state index contributed by atoms with van der Waals surface area (Å²) in [6.45, 7) is 13.9. The third-order valence-corrected chi connectivity index (χ3v) is 2.47. The minimum Gasteiger partial charge on any atom is -0.396 e. The molecule has 0 spiro atoms. The third-order valence-electron chi connectivity index (χ3n) is 2.47. The summed E-state index contributed by atoms with van der Waals surface area (Å²) < 4.78 is 5.07. The highest BCUT2D eigenvalue weighted by Crippen LogP contribution is 2.25. The van der Waals surface area contributed by atoms with Gasteiger partial charge in [0.2, 0.25) is 0 Å². The molecule has 0 bridgehead atoms. The van der Waals surface area contributed by atoms with Crippen LogP contribution in [0.4, 0.5) is 0 Å².